The Hall–Kier alpha value is -4.23. The molecule has 10 heteroatoms. The van der Waals surface area contributed by atoms with Crippen molar-refractivity contribution >= 4 is 23.2 Å². The molecule has 0 spiro atoms. The fourth-order valence-corrected chi connectivity index (χ4v) is 4.48. The molecular weight excluding hydrogens is 499 g/mol. The quantitative estimate of drug-likeness (QED) is 0.112. The maximum absolute atomic E-state index is 13.6. The van der Waals surface area contributed by atoms with E-state index in [0.29, 0.717) is 49.2 Å². The predicted molar refractivity (Wildman–Crippen MR) is 148 cm³/mol. The number of rotatable bonds is 11. The molecule has 39 heavy (non-hydrogen) atoms. The van der Waals surface area contributed by atoms with Crippen molar-refractivity contribution in [3.05, 3.63) is 77.5 Å². The first-order valence-electron chi connectivity index (χ1n) is 12.8. The van der Waals surface area contributed by atoms with Gasteiger partial charge in [0.2, 0.25) is 0 Å². The van der Waals surface area contributed by atoms with Crippen LogP contribution in [0.5, 0.6) is 0 Å². The number of piperidine rings is 1. The Kier molecular flexibility index (Phi) is 9.79. The number of carbonyl (C=O) groups is 2. The zero-order chi connectivity index (χ0) is 28.6. The van der Waals surface area contributed by atoms with Gasteiger partial charge in [0.05, 0.1) is 23.6 Å². The summed E-state index contributed by atoms with van der Waals surface area (Å²) < 4.78 is 13.6. The number of nitrogens with zero attached hydrogens (tertiary/aromatic N) is 3. The van der Waals surface area contributed by atoms with E-state index in [-0.39, 0.29) is 41.2 Å². The van der Waals surface area contributed by atoms with Gasteiger partial charge in [0.15, 0.2) is 0 Å². The third kappa shape index (κ3) is 8.12. The molecule has 1 saturated heterocycles. The largest absolute Gasteiger partial charge is 0.507 e. The molecule has 1 saturated carbocycles. The molecule has 9 nitrogen and oxygen atoms in total. The van der Waals surface area contributed by atoms with Crippen LogP contribution in [0.2, 0.25) is 0 Å². The van der Waals surface area contributed by atoms with Crippen LogP contribution in [-0.4, -0.2) is 52.8 Å². The molecule has 0 aromatic heterocycles. The fourth-order valence-electron chi connectivity index (χ4n) is 4.48. The summed E-state index contributed by atoms with van der Waals surface area (Å²) in [4.78, 5) is 29.9. The zero-order valence-electron chi connectivity index (χ0n) is 22.1. The van der Waals surface area contributed by atoms with Crippen LogP contribution in [0.15, 0.2) is 71.1 Å². The second-order valence-corrected chi connectivity index (χ2v) is 9.97. The summed E-state index contributed by atoms with van der Waals surface area (Å²) in [5.74, 6) is -1.96. The smallest absolute Gasteiger partial charge is 0.253 e. The van der Waals surface area contributed by atoms with E-state index < -0.39 is 11.4 Å². The summed E-state index contributed by atoms with van der Waals surface area (Å²) >= 11 is 0. The maximum Gasteiger partial charge on any atom is 0.253 e. The van der Waals surface area contributed by atoms with Crippen molar-refractivity contribution in [3.8, 4) is 6.07 Å². The van der Waals surface area contributed by atoms with E-state index in [1.165, 1.54) is 18.3 Å². The van der Waals surface area contributed by atoms with Gasteiger partial charge in [-0.15, -0.1) is 0 Å². The summed E-state index contributed by atoms with van der Waals surface area (Å²) in [5.41, 5.74) is 12.4. The van der Waals surface area contributed by atoms with E-state index >= 15 is 0 Å². The van der Waals surface area contributed by atoms with Crippen LogP contribution in [0.3, 0.4) is 0 Å². The average molecular weight is 535 g/mol. The van der Waals surface area contributed by atoms with Gasteiger partial charge in [-0.25, -0.2) is 4.39 Å². The third-order valence-corrected chi connectivity index (χ3v) is 6.92. The van der Waals surface area contributed by atoms with Crippen LogP contribution >= 0.6 is 0 Å². The van der Waals surface area contributed by atoms with Gasteiger partial charge in [-0.2, -0.15) is 10.3 Å². The number of aliphatic imine (C=N–C) groups is 1. The minimum atomic E-state index is -0.821. The molecule has 3 rings (SSSR count). The molecule has 0 radical (unpaired) electrons. The van der Waals surface area contributed by atoms with Crippen molar-refractivity contribution < 1.29 is 19.1 Å². The molecule has 6 N–H and O–H groups in total. The normalized spacial score (nSPS) is 18.8. The van der Waals surface area contributed by atoms with Crippen LogP contribution in [0.25, 0.3) is 5.57 Å². The Morgan fingerprint density at radius 1 is 1.33 bits per heavy atom. The summed E-state index contributed by atoms with van der Waals surface area (Å²) in [6.07, 6.45) is 7.50. The number of amides is 2. The van der Waals surface area contributed by atoms with Crippen molar-refractivity contribution in [3.63, 3.8) is 0 Å². The van der Waals surface area contributed by atoms with E-state index in [9.17, 15) is 24.3 Å². The van der Waals surface area contributed by atoms with Crippen molar-refractivity contribution in [1.29, 1.82) is 5.26 Å². The molecule has 1 aromatic rings. The van der Waals surface area contributed by atoms with Gasteiger partial charge in [-0.3, -0.25) is 14.5 Å². The first-order valence-corrected chi connectivity index (χ1v) is 12.8. The van der Waals surface area contributed by atoms with Crippen molar-refractivity contribution in [1.82, 2.24) is 10.2 Å². The number of likely N-dealkylation sites (tertiary alicyclic amines) is 1. The Morgan fingerprint density at radius 3 is 2.59 bits per heavy atom. The summed E-state index contributed by atoms with van der Waals surface area (Å²) in [5, 5.41) is 23.3. The van der Waals surface area contributed by atoms with E-state index in [1.54, 1.807) is 31.2 Å². The van der Waals surface area contributed by atoms with Gasteiger partial charge >= 0.3 is 0 Å². The van der Waals surface area contributed by atoms with Crippen molar-refractivity contribution in [2.75, 3.05) is 19.6 Å². The molecule has 1 aliphatic carbocycles. The number of halogens is 1. The minimum Gasteiger partial charge on any atom is -0.507 e. The monoisotopic (exact) mass is 534 g/mol. The number of benzene rings is 1. The molecule has 0 bridgehead atoms. The molecule has 1 heterocycles. The standard InChI is InChI=1S/C29H35FN6O3/c1-3-23(21-5-4-6-22(30)16-21)25(37)15-19(2)18-36-13-10-29(9-12-31,11-14-36)34-17-24(27(33)38)26(32)35-28(39)20-7-8-20/h3-6,15-17,20,34,37H,2,7-11,13-14,18H2,1H3,(H2,33,38)(H2,32,35,39)/b23-3-,24-17+,25-15+. The van der Waals surface area contributed by atoms with Crippen LogP contribution < -0.4 is 16.8 Å². The van der Waals surface area contributed by atoms with E-state index in [4.69, 9.17) is 11.5 Å². The number of amidine groups is 1. The molecule has 1 aromatic carbocycles. The SMILES string of the molecule is C=C(/C=C(O)\C(=C/C)c1cccc(F)c1)CN1CCC(CC#N)(N/C=C(/C(N)=O)C(N)=NC(=O)C2CC2)CC1. The highest BCUT2D eigenvalue weighted by Crippen LogP contribution is 2.30. The van der Waals surface area contributed by atoms with Gasteiger partial charge in [-0.1, -0.05) is 24.8 Å². The number of nitrogens with one attached hydrogen (secondary N) is 1. The van der Waals surface area contributed by atoms with Crippen molar-refractivity contribution in [2.24, 2.45) is 22.4 Å². The average Bonchev–Trinajstić information content (AvgIpc) is 3.72. The lowest BCUT2D eigenvalue weighted by molar-refractivity contribution is -0.118. The van der Waals surface area contributed by atoms with Gasteiger partial charge in [0, 0.05) is 37.3 Å². The number of carbonyl (C=O) groups excluding carboxylic acids is 2. The number of aliphatic hydroxyl groups excluding tert-OH is 1. The number of nitrogens with two attached hydrogens (primary N) is 2. The Labute approximate surface area is 228 Å². The molecule has 0 atom stereocenters. The fraction of sp³-hybridized carbons (Fsp3) is 0.379. The molecule has 2 amide bonds. The molecule has 2 fully saturated rings. The molecule has 206 valence electrons. The first-order chi connectivity index (χ1) is 18.6. The molecule has 1 aliphatic heterocycles. The lowest BCUT2D eigenvalue weighted by Crippen LogP contribution is -2.52. The number of hydrogen-bond donors (Lipinski definition) is 4. The van der Waals surface area contributed by atoms with Crippen LogP contribution in [0.4, 0.5) is 4.39 Å². The minimum absolute atomic E-state index is 0.00542. The maximum atomic E-state index is 13.6. The zero-order valence-corrected chi connectivity index (χ0v) is 22.1. The highest BCUT2D eigenvalue weighted by atomic mass is 19.1. The second-order valence-electron chi connectivity index (χ2n) is 9.97. The first kappa shape index (κ1) is 29.3. The summed E-state index contributed by atoms with van der Waals surface area (Å²) in [7, 11) is 0. The van der Waals surface area contributed by atoms with Gasteiger partial charge < -0.3 is 21.9 Å². The van der Waals surface area contributed by atoms with Gasteiger partial charge in [0.1, 0.15) is 17.4 Å². The summed E-state index contributed by atoms with van der Waals surface area (Å²) in [6, 6.07) is 8.21. The van der Waals surface area contributed by atoms with E-state index in [2.05, 4.69) is 27.9 Å². The molecular formula is C29H35FN6O3. The molecule has 2 aliphatic rings. The van der Waals surface area contributed by atoms with Crippen LogP contribution in [-0.2, 0) is 9.59 Å². The van der Waals surface area contributed by atoms with Gasteiger partial charge in [-0.05, 0) is 62.0 Å². The second kappa shape index (κ2) is 13.0. The molecule has 0 unspecified atom stereocenters. The Morgan fingerprint density at radius 2 is 2.03 bits per heavy atom. The van der Waals surface area contributed by atoms with E-state index in [1.807, 2.05) is 0 Å². The van der Waals surface area contributed by atoms with Crippen molar-refractivity contribution in [2.45, 2.75) is 44.6 Å². The number of allylic oxidation sites excluding steroid dienone is 2. The van der Waals surface area contributed by atoms with Crippen LogP contribution in [0, 0.1) is 23.1 Å². The van der Waals surface area contributed by atoms with E-state index in [0.717, 1.165) is 12.8 Å². The Balaban J connectivity index is 1.64. The number of hydrogen-bond acceptors (Lipinski definition) is 6. The lowest BCUT2D eigenvalue weighted by atomic mass is 9.84. The summed E-state index contributed by atoms with van der Waals surface area (Å²) in [6.45, 7) is 7.55. The predicted octanol–water partition coefficient (Wildman–Crippen LogP) is 3.23. The highest BCUT2D eigenvalue weighted by molar-refractivity contribution is 6.21. The number of primary amides is 1. The number of aliphatic hydroxyl groups is 1. The van der Waals surface area contributed by atoms with Gasteiger partial charge in [0.25, 0.3) is 11.8 Å². The van der Waals surface area contributed by atoms with Crippen LogP contribution in [0.1, 0.15) is 44.6 Å². The highest BCUT2D eigenvalue weighted by Gasteiger charge is 2.34. The Bertz CT molecular complexity index is 1280. The number of nitriles is 1. The lowest BCUT2D eigenvalue weighted by Gasteiger charge is -2.41. The topological polar surface area (TPSA) is 158 Å². The third-order valence-electron chi connectivity index (χ3n) is 6.92.